The average Bonchev–Trinajstić information content (AvgIpc) is 3.12. The van der Waals surface area contributed by atoms with E-state index in [1.165, 1.54) is 18.0 Å². The van der Waals surface area contributed by atoms with Crippen molar-refractivity contribution in [1.29, 1.82) is 0 Å². The van der Waals surface area contributed by atoms with E-state index in [-0.39, 0.29) is 12.5 Å². The molecule has 28 heavy (non-hydrogen) atoms. The first-order valence-electron chi connectivity index (χ1n) is 8.50. The highest BCUT2D eigenvalue weighted by Gasteiger charge is 2.16. The third kappa shape index (κ3) is 3.05. The average molecular weight is 379 g/mol. The van der Waals surface area contributed by atoms with E-state index in [1.807, 2.05) is 12.1 Å². The van der Waals surface area contributed by atoms with Crippen LogP contribution in [0.5, 0.6) is 11.5 Å². The molecule has 4 aromatic rings. The lowest BCUT2D eigenvalue weighted by atomic mass is 10.2. The number of anilines is 1. The second-order valence-electron chi connectivity index (χ2n) is 6.06. The van der Waals surface area contributed by atoms with Gasteiger partial charge >= 0.3 is 5.63 Å². The zero-order chi connectivity index (χ0) is 19.7. The van der Waals surface area contributed by atoms with E-state index in [0.717, 1.165) is 0 Å². The number of methoxy groups -OCH3 is 2. The van der Waals surface area contributed by atoms with Crippen LogP contribution in [0.1, 0.15) is 0 Å². The van der Waals surface area contributed by atoms with Crippen LogP contribution in [-0.2, 0) is 11.3 Å². The first kappa shape index (κ1) is 17.6. The Hall–Kier alpha value is -3.81. The van der Waals surface area contributed by atoms with Gasteiger partial charge in [0.25, 0.3) is 0 Å². The molecule has 0 radical (unpaired) electrons. The largest absolute Gasteiger partial charge is 0.497 e. The van der Waals surface area contributed by atoms with E-state index in [0.29, 0.717) is 39.1 Å². The van der Waals surface area contributed by atoms with Gasteiger partial charge < -0.3 is 19.2 Å². The predicted molar refractivity (Wildman–Crippen MR) is 104 cm³/mol. The number of hydrogen-bond donors (Lipinski definition) is 1. The number of carbonyl (C=O) groups excluding carboxylic acids is 1. The fraction of sp³-hybridized carbons (Fsp3) is 0.150. The van der Waals surface area contributed by atoms with E-state index in [4.69, 9.17) is 13.9 Å². The summed E-state index contributed by atoms with van der Waals surface area (Å²) >= 11 is 0. The van der Waals surface area contributed by atoms with Crippen LogP contribution in [0.2, 0.25) is 0 Å². The summed E-state index contributed by atoms with van der Waals surface area (Å²) in [5.74, 6) is 0.767. The van der Waals surface area contributed by atoms with Crippen LogP contribution < -0.4 is 20.4 Å². The topological polar surface area (TPSA) is 95.6 Å². The number of amides is 1. The van der Waals surface area contributed by atoms with Gasteiger partial charge in [0.2, 0.25) is 5.91 Å². The van der Waals surface area contributed by atoms with Crippen molar-refractivity contribution in [1.82, 2.24) is 9.78 Å². The van der Waals surface area contributed by atoms with Crippen molar-refractivity contribution in [3.63, 3.8) is 0 Å². The Morgan fingerprint density at radius 2 is 1.96 bits per heavy atom. The van der Waals surface area contributed by atoms with Crippen molar-refractivity contribution in [2.24, 2.45) is 0 Å². The van der Waals surface area contributed by atoms with Gasteiger partial charge in [-0.3, -0.25) is 9.48 Å². The summed E-state index contributed by atoms with van der Waals surface area (Å²) in [7, 11) is 3.06. The summed E-state index contributed by atoms with van der Waals surface area (Å²) in [4.78, 5) is 24.8. The highest BCUT2D eigenvalue weighted by Crippen LogP contribution is 2.29. The van der Waals surface area contributed by atoms with Crippen LogP contribution in [0.25, 0.3) is 21.9 Å². The Morgan fingerprint density at radius 3 is 2.75 bits per heavy atom. The van der Waals surface area contributed by atoms with Gasteiger partial charge in [-0.1, -0.05) is 12.1 Å². The maximum Gasteiger partial charge on any atom is 0.347 e. The molecule has 1 N–H and O–H groups in total. The van der Waals surface area contributed by atoms with E-state index in [9.17, 15) is 9.59 Å². The molecule has 0 aliphatic rings. The lowest BCUT2D eigenvalue weighted by molar-refractivity contribution is -0.116. The molecule has 0 atom stereocenters. The molecule has 2 aromatic heterocycles. The van der Waals surface area contributed by atoms with Gasteiger partial charge in [-0.2, -0.15) is 5.10 Å². The van der Waals surface area contributed by atoms with Crippen LogP contribution in [0.15, 0.2) is 57.9 Å². The highest BCUT2D eigenvalue weighted by atomic mass is 16.5. The van der Waals surface area contributed by atoms with Gasteiger partial charge in [0.05, 0.1) is 31.6 Å². The Bertz CT molecular complexity index is 1240. The molecule has 4 rings (SSSR count). The maximum atomic E-state index is 12.6. The lowest BCUT2D eigenvalue weighted by Gasteiger charge is -2.12. The Morgan fingerprint density at radius 1 is 1.14 bits per heavy atom. The maximum absolute atomic E-state index is 12.6. The number of nitrogens with zero attached hydrogens (tertiary/aromatic N) is 2. The lowest BCUT2D eigenvalue weighted by Crippen LogP contribution is -2.20. The highest BCUT2D eigenvalue weighted by molar-refractivity contribution is 6.02. The Labute approximate surface area is 159 Å². The van der Waals surface area contributed by atoms with Crippen molar-refractivity contribution in [2.75, 3.05) is 19.5 Å². The standard InChI is InChI=1S/C20H17N3O5/c1-26-12-7-8-17(27-2)15(9-12)22-18(24)11-23-19-13-5-3-4-6-16(13)28-20(25)14(19)10-21-23/h3-10H,11H2,1-2H3,(H,22,24). The number of nitrogens with one attached hydrogen (secondary N) is 1. The predicted octanol–water partition coefficient (Wildman–Crippen LogP) is 2.80. The molecule has 2 heterocycles. The minimum absolute atomic E-state index is 0.0860. The molecule has 8 heteroatoms. The summed E-state index contributed by atoms with van der Waals surface area (Å²) in [6.07, 6.45) is 1.41. The van der Waals surface area contributed by atoms with E-state index >= 15 is 0 Å². The number of fused-ring (bicyclic) bond motifs is 3. The first-order chi connectivity index (χ1) is 13.6. The number of hydrogen-bond acceptors (Lipinski definition) is 6. The van der Waals surface area contributed by atoms with E-state index < -0.39 is 5.63 Å². The van der Waals surface area contributed by atoms with Gasteiger partial charge in [0.15, 0.2) is 0 Å². The zero-order valence-corrected chi connectivity index (χ0v) is 15.3. The third-order valence-corrected chi connectivity index (χ3v) is 4.38. The summed E-state index contributed by atoms with van der Waals surface area (Å²) in [6, 6.07) is 12.2. The molecule has 1 amide bonds. The molecule has 142 valence electrons. The monoisotopic (exact) mass is 379 g/mol. The minimum atomic E-state index is -0.491. The number of rotatable bonds is 5. The minimum Gasteiger partial charge on any atom is -0.497 e. The second kappa shape index (κ2) is 7.07. The molecular weight excluding hydrogens is 362 g/mol. The molecule has 0 saturated heterocycles. The van der Waals surface area contributed by atoms with Crippen molar-refractivity contribution >= 4 is 33.5 Å². The smallest absolute Gasteiger partial charge is 0.347 e. The zero-order valence-electron chi connectivity index (χ0n) is 15.3. The van der Waals surface area contributed by atoms with Crippen LogP contribution >= 0.6 is 0 Å². The molecule has 8 nitrogen and oxygen atoms in total. The second-order valence-corrected chi connectivity index (χ2v) is 6.06. The van der Waals surface area contributed by atoms with Gasteiger partial charge in [-0.25, -0.2) is 4.79 Å². The fourth-order valence-electron chi connectivity index (χ4n) is 3.08. The van der Waals surface area contributed by atoms with Crippen molar-refractivity contribution in [3.05, 3.63) is 59.1 Å². The van der Waals surface area contributed by atoms with Crippen molar-refractivity contribution in [2.45, 2.75) is 6.54 Å². The van der Waals surface area contributed by atoms with Crippen molar-refractivity contribution in [3.8, 4) is 11.5 Å². The van der Waals surface area contributed by atoms with Crippen LogP contribution in [0.3, 0.4) is 0 Å². The van der Waals surface area contributed by atoms with Gasteiger partial charge in [-0.15, -0.1) is 0 Å². The Balaban J connectivity index is 1.69. The quantitative estimate of drug-likeness (QED) is 0.536. The number of ether oxygens (including phenoxy) is 2. The number of benzene rings is 2. The summed E-state index contributed by atoms with van der Waals surface area (Å²) in [5, 5.41) is 8.03. The fourth-order valence-corrected chi connectivity index (χ4v) is 3.08. The summed E-state index contributed by atoms with van der Waals surface area (Å²) in [5.41, 5.74) is 0.985. The number of para-hydroxylation sites is 1. The summed E-state index contributed by atoms with van der Waals surface area (Å²) in [6.45, 7) is -0.0860. The van der Waals surface area contributed by atoms with Crippen LogP contribution in [-0.4, -0.2) is 29.9 Å². The normalized spacial score (nSPS) is 10.9. The van der Waals surface area contributed by atoms with Crippen molar-refractivity contribution < 1.29 is 18.7 Å². The molecule has 0 unspecified atom stereocenters. The van der Waals surface area contributed by atoms with Crippen LogP contribution in [0, 0.1) is 0 Å². The van der Waals surface area contributed by atoms with Gasteiger partial charge in [0, 0.05) is 11.5 Å². The summed E-state index contributed by atoms with van der Waals surface area (Å²) < 4.78 is 17.3. The van der Waals surface area contributed by atoms with E-state index in [2.05, 4.69) is 10.4 Å². The molecule has 0 saturated carbocycles. The third-order valence-electron chi connectivity index (χ3n) is 4.38. The number of aromatic nitrogens is 2. The SMILES string of the molecule is COc1ccc(OC)c(NC(=O)Cn2ncc3c(=O)oc4ccccc4c32)c1. The van der Waals surface area contributed by atoms with Crippen LogP contribution in [0.4, 0.5) is 5.69 Å². The molecule has 0 bridgehead atoms. The molecule has 0 aliphatic carbocycles. The Kier molecular flexibility index (Phi) is 4.44. The van der Waals surface area contributed by atoms with Gasteiger partial charge in [-0.05, 0) is 24.3 Å². The first-order valence-corrected chi connectivity index (χ1v) is 8.50. The number of carbonyl (C=O) groups is 1. The molecule has 2 aromatic carbocycles. The van der Waals surface area contributed by atoms with Gasteiger partial charge in [0.1, 0.15) is 29.0 Å². The molecule has 0 aliphatic heterocycles. The van der Waals surface area contributed by atoms with E-state index in [1.54, 1.807) is 37.4 Å². The molecule has 0 spiro atoms. The molecule has 0 fully saturated rings. The molecular formula is C20H17N3O5.